The van der Waals surface area contributed by atoms with Crippen LogP contribution in [-0.2, 0) is 10.0 Å². The second-order valence-electron chi connectivity index (χ2n) is 6.46. The van der Waals surface area contributed by atoms with Crippen molar-refractivity contribution in [1.29, 1.82) is 0 Å². The Balaban J connectivity index is 1.93. The first-order valence-corrected chi connectivity index (χ1v) is 9.73. The molecule has 0 saturated heterocycles. The minimum absolute atomic E-state index is 0.0155. The highest BCUT2D eigenvalue weighted by molar-refractivity contribution is 7.92. The molecule has 3 rings (SSSR count). The summed E-state index contributed by atoms with van der Waals surface area (Å²) in [4.78, 5) is 0.180. The molecule has 0 aliphatic rings. The lowest BCUT2D eigenvalue weighted by Gasteiger charge is -2.11. The number of phenolic OH excluding ortho intramolecular Hbond substituents is 1. The molecule has 0 fully saturated rings. The molecule has 0 amide bonds. The molecule has 1 heterocycles. The second-order valence-corrected chi connectivity index (χ2v) is 8.14. The highest BCUT2D eigenvalue weighted by atomic mass is 32.2. The van der Waals surface area contributed by atoms with Gasteiger partial charge in [0.25, 0.3) is 10.0 Å². The van der Waals surface area contributed by atoms with E-state index in [4.69, 9.17) is 0 Å². The van der Waals surface area contributed by atoms with E-state index in [1.54, 1.807) is 36.5 Å². The van der Waals surface area contributed by atoms with Gasteiger partial charge in [-0.15, -0.1) is 0 Å². The van der Waals surface area contributed by atoms with Gasteiger partial charge in [0.15, 0.2) is 0 Å². The van der Waals surface area contributed by atoms with Gasteiger partial charge in [-0.3, -0.25) is 4.72 Å². The molecule has 0 unspecified atom stereocenters. The lowest BCUT2D eigenvalue weighted by molar-refractivity contribution is 0.470. The maximum absolute atomic E-state index is 12.5. The summed E-state index contributed by atoms with van der Waals surface area (Å²) in [6.07, 6.45) is 1.74. The first kappa shape index (κ1) is 18.0. The summed E-state index contributed by atoms with van der Waals surface area (Å²) in [6.45, 7) is 5.95. The number of aromatic nitrogens is 2. The highest BCUT2D eigenvalue weighted by Gasteiger charge is 2.16. The van der Waals surface area contributed by atoms with Crippen LogP contribution in [0.3, 0.4) is 0 Å². The van der Waals surface area contributed by atoms with Gasteiger partial charge in [0.1, 0.15) is 11.4 Å². The molecule has 7 heteroatoms. The highest BCUT2D eigenvalue weighted by Crippen LogP contribution is 2.27. The molecule has 0 bridgehead atoms. The summed E-state index contributed by atoms with van der Waals surface area (Å²) < 4.78 is 29.2. The van der Waals surface area contributed by atoms with Crippen LogP contribution in [0.15, 0.2) is 59.6 Å². The third kappa shape index (κ3) is 3.72. The number of hydrogen-bond donors (Lipinski definition) is 2. The normalized spacial score (nSPS) is 11.7. The van der Waals surface area contributed by atoms with Gasteiger partial charge in [0.2, 0.25) is 0 Å². The Kier molecular flexibility index (Phi) is 4.73. The van der Waals surface area contributed by atoms with E-state index < -0.39 is 10.0 Å². The molecule has 136 valence electrons. The first-order chi connectivity index (χ1) is 12.3. The number of sulfonamides is 1. The predicted molar refractivity (Wildman–Crippen MR) is 101 cm³/mol. The van der Waals surface area contributed by atoms with E-state index in [-0.39, 0.29) is 16.6 Å². The first-order valence-electron chi connectivity index (χ1n) is 8.25. The van der Waals surface area contributed by atoms with Crippen molar-refractivity contribution >= 4 is 15.7 Å². The van der Waals surface area contributed by atoms with Crippen molar-refractivity contribution in [3.05, 3.63) is 66.0 Å². The van der Waals surface area contributed by atoms with E-state index in [9.17, 15) is 13.5 Å². The van der Waals surface area contributed by atoms with Crippen LogP contribution in [-0.4, -0.2) is 23.3 Å². The largest absolute Gasteiger partial charge is 0.506 e. The molecule has 2 N–H and O–H groups in total. The maximum atomic E-state index is 12.5. The van der Waals surface area contributed by atoms with E-state index in [0.717, 1.165) is 11.3 Å². The summed E-state index contributed by atoms with van der Waals surface area (Å²) in [5.74, 6) is 0.267. The molecular weight excluding hydrogens is 350 g/mol. The van der Waals surface area contributed by atoms with Gasteiger partial charge in [-0.25, -0.2) is 13.1 Å². The molecule has 1 aromatic heterocycles. The van der Waals surface area contributed by atoms with E-state index in [2.05, 4.69) is 9.82 Å². The maximum Gasteiger partial charge on any atom is 0.261 e. The Morgan fingerprint density at radius 3 is 2.38 bits per heavy atom. The Morgan fingerprint density at radius 1 is 1.08 bits per heavy atom. The van der Waals surface area contributed by atoms with Crippen LogP contribution in [0.1, 0.15) is 31.0 Å². The Morgan fingerprint density at radius 2 is 1.77 bits per heavy atom. The molecule has 0 aliphatic heterocycles. The van der Waals surface area contributed by atoms with Gasteiger partial charge >= 0.3 is 0 Å². The van der Waals surface area contributed by atoms with Crippen LogP contribution < -0.4 is 4.72 Å². The number of phenols is 1. The number of hydrogen-bond acceptors (Lipinski definition) is 4. The summed E-state index contributed by atoms with van der Waals surface area (Å²) in [5, 5.41) is 14.6. The van der Waals surface area contributed by atoms with Crippen molar-refractivity contribution in [2.24, 2.45) is 0 Å². The minimum Gasteiger partial charge on any atom is -0.506 e. The average Bonchev–Trinajstić information content (AvgIpc) is 3.07. The summed E-state index contributed by atoms with van der Waals surface area (Å²) in [7, 11) is -3.71. The SMILES string of the molecule is Cc1ccc(S(=O)(=O)Nc2ccc(O)c(-n3ccc(C(C)C)n3)c2)cc1. The van der Waals surface area contributed by atoms with E-state index in [1.807, 2.05) is 26.8 Å². The van der Waals surface area contributed by atoms with Gasteiger partial charge in [-0.2, -0.15) is 5.10 Å². The van der Waals surface area contributed by atoms with Gasteiger partial charge in [0.05, 0.1) is 16.3 Å². The fourth-order valence-corrected chi connectivity index (χ4v) is 3.53. The van der Waals surface area contributed by atoms with Crippen molar-refractivity contribution in [2.75, 3.05) is 4.72 Å². The van der Waals surface area contributed by atoms with Crippen LogP contribution in [0.4, 0.5) is 5.69 Å². The Bertz CT molecular complexity index is 1020. The Labute approximate surface area is 153 Å². The molecular formula is C19H21N3O3S. The molecule has 26 heavy (non-hydrogen) atoms. The standard InChI is InChI=1S/C19H21N3O3S/c1-13(2)17-10-11-22(20-17)18-12-15(6-9-19(18)23)21-26(24,25)16-7-4-14(3)5-8-16/h4-13,21,23H,1-3H3. The molecule has 6 nitrogen and oxygen atoms in total. The molecule has 0 aliphatic carbocycles. The number of anilines is 1. The van der Waals surface area contributed by atoms with Crippen LogP contribution >= 0.6 is 0 Å². The predicted octanol–water partition coefficient (Wildman–Crippen LogP) is 3.81. The van der Waals surface area contributed by atoms with Crippen LogP contribution in [0, 0.1) is 6.92 Å². The molecule has 2 aromatic carbocycles. The summed E-state index contributed by atoms with van der Waals surface area (Å²) in [6, 6.07) is 13.0. The number of aromatic hydroxyl groups is 1. The van der Waals surface area contributed by atoms with Gasteiger partial charge in [-0.05, 0) is 49.2 Å². The molecule has 3 aromatic rings. The summed E-state index contributed by atoms with van der Waals surface area (Å²) >= 11 is 0. The van der Waals surface area contributed by atoms with Crippen LogP contribution in [0.25, 0.3) is 5.69 Å². The van der Waals surface area contributed by atoms with E-state index in [0.29, 0.717) is 11.4 Å². The van der Waals surface area contributed by atoms with Crippen LogP contribution in [0.2, 0.25) is 0 Å². The lowest BCUT2D eigenvalue weighted by Crippen LogP contribution is -2.13. The molecule has 0 atom stereocenters. The van der Waals surface area contributed by atoms with Gasteiger partial charge in [0, 0.05) is 6.20 Å². The fourth-order valence-electron chi connectivity index (χ4n) is 2.48. The molecule has 0 radical (unpaired) electrons. The van der Waals surface area contributed by atoms with Crippen molar-refractivity contribution in [2.45, 2.75) is 31.6 Å². The lowest BCUT2D eigenvalue weighted by atomic mass is 10.1. The molecule has 0 saturated carbocycles. The topological polar surface area (TPSA) is 84.2 Å². The average molecular weight is 371 g/mol. The van der Waals surface area contributed by atoms with Gasteiger partial charge in [-0.1, -0.05) is 31.5 Å². The van der Waals surface area contributed by atoms with Crippen molar-refractivity contribution in [3.63, 3.8) is 0 Å². The fraction of sp³-hybridized carbons (Fsp3) is 0.211. The number of nitrogens with one attached hydrogen (secondary N) is 1. The van der Waals surface area contributed by atoms with E-state index in [1.165, 1.54) is 16.8 Å². The number of nitrogens with zero attached hydrogens (tertiary/aromatic N) is 2. The monoisotopic (exact) mass is 371 g/mol. The summed E-state index contributed by atoms with van der Waals surface area (Å²) in [5.41, 5.74) is 2.62. The quantitative estimate of drug-likeness (QED) is 0.668. The van der Waals surface area contributed by atoms with E-state index >= 15 is 0 Å². The van der Waals surface area contributed by atoms with Crippen molar-refractivity contribution in [3.8, 4) is 11.4 Å². The zero-order valence-corrected chi connectivity index (χ0v) is 15.7. The minimum atomic E-state index is -3.71. The van der Waals surface area contributed by atoms with Crippen molar-refractivity contribution in [1.82, 2.24) is 9.78 Å². The molecule has 0 spiro atoms. The van der Waals surface area contributed by atoms with Crippen LogP contribution in [0.5, 0.6) is 5.75 Å². The van der Waals surface area contributed by atoms with Gasteiger partial charge < -0.3 is 5.11 Å². The zero-order chi connectivity index (χ0) is 18.9. The number of aryl methyl sites for hydroxylation is 1. The second kappa shape index (κ2) is 6.84. The smallest absolute Gasteiger partial charge is 0.261 e. The van der Waals surface area contributed by atoms with Crippen molar-refractivity contribution < 1.29 is 13.5 Å². The zero-order valence-electron chi connectivity index (χ0n) is 14.8. The third-order valence-electron chi connectivity index (χ3n) is 4.01. The Hall–Kier alpha value is -2.80. The number of rotatable bonds is 5. The third-order valence-corrected chi connectivity index (χ3v) is 5.40. The number of benzene rings is 2.